The summed E-state index contributed by atoms with van der Waals surface area (Å²) in [7, 11) is 1.67. The van der Waals surface area contributed by atoms with Crippen molar-refractivity contribution in [2.75, 3.05) is 13.7 Å². The van der Waals surface area contributed by atoms with E-state index in [4.69, 9.17) is 9.47 Å². The van der Waals surface area contributed by atoms with Crippen molar-refractivity contribution in [1.82, 2.24) is 5.32 Å². The predicted octanol–water partition coefficient (Wildman–Crippen LogP) is 4.13. The third kappa shape index (κ3) is 5.41. The van der Waals surface area contributed by atoms with E-state index in [1.165, 1.54) is 0 Å². The van der Waals surface area contributed by atoms with Crippen LogP contribution in [0, 0.1) is 0 Å². The van der Waals surface area contributed by atoms with E-state index in [9.17, 15) is 0 Å². The van der Waals surface area contributed by atoms with E-state index >= 15 is 0 Å². The number of hydrogen-bond acceptors (Lipinski definition) is 3. The van der Waals surface area contributed by atoms with Gasteiger partial charge in [0.25, 0.3) is 0 Å². The van der Waals surface area contributed by atoms with Crippen LogP contribution in [-0.4, -0.2) is 19.3 Å². The number of benzene rings is 1. The van der Waals surface area contributed by atoms with Gasteiger partial charge in [-0.2, -0.15) is 0 Å². The number of nitrogens with one attached hydrogen (secondary N) is 1. The van der Waals surface area contributed by atoms with E-state index in [2.05, 4.69) is 55.0 Å². The minimum absolute atomic E-state index is 0.0670. The summed E-state index contributed by atoms with van der Waals surface area (Å²) in [5.74, 6) is 1.61. The van der Waals surface area contributed by atoms with E-state index in [-0.39, 0.29) is 5.54 Å². The minimum Gasteiger partial charge on any atom is -0.493 e. The fourth-order valence-corrected chi connectivity index (χ4v) is 2.12. The van der Waals surface area contributed by atoms with Gasteiger partial charge in [-0.25, -0.2) is 0 Å². The largest absolute Gasteiger partial charge is 0.493 e. The molecule has 0 atom stereocenters. The Bertz CT molecular complexity index is 413. The van der Waals surface area contributed by atoms with Crippen molar-refractivity contribution >= 4 is 15.9 Å². The molecule has 0 aromatic heterocycles. The SMILES string of the molecule is CCCOc1c(CNC(C)(C)C)cc(Br)cc1OC. The van der Waals surface area contributed by atoms with Crippen LogP contribution >= 0.6 is 15.9 Å². The summed E-state index contributed by atoms with van der Waals surface area (Å²) in [4.78, 5) is 0. The summed E-state index contributed by atoms with van der Waals surface area (Å²) in [5.41, 5.74) is 1.17. The van der Waals surface area contributed by atoms with Crippen molar-refractivity contribution in [2.45, 2.75) is 46.2 Å². The van der Waals surface area contributed by atoms with Gasteiger partial charge >= 0.3 is 0 Å². The Kier molecular flexibility index (Phi) is 6.14. The number of ether oxygens (including phenoxy) is 2. The lowest BCUT2D eigenvalue weighted by Crippen LogP contribution is -2.35. The van der Waals surface area contributed by atoms with Crippen molar-refractivity contribution in [3.05, 3.63) is 22.2 Å². The van der Waals surface area contributed by atoms with E-state index in [1.807, 2.05) is 6.07 Å². The first kappa shape index (κ1) is 16.3. The van der Waals surface area contributed by atoms with Crippen LogP contribution in [0.5, 0.6) is 11.5 Å². The molecule has 1 aromatic carbocycles. The monoisotopic (exact) mass is 329 g/mol. The Labute approximate surface area is 124 Å². The van der Waals surface area contributed by atoms with Crippen LogP contribution in [0.1, 0.15) is 39.7 Å². The van der Waals surface area contributed by atoms with Gasteiger partial charge < -0.3 is 14.8 Å². The van der Waals surface area contributed by atoms with Crippen LogP contribution in [0.25, 0.3) is 0 Å². The number of rotatable bonds is 6. The van der Waals surface area contributed by atoms with Crippen molar-refractivity contribution in [2.24, 2.45) is 0 Å². The lowest BCUT2D eigenvalue weighted by Gasteiger charge is -2.22. The molecule has 0 fully saturated rings. The van der Waals surface area contributed by atoms with Crippen LogP contribution in [0.4, 0.5) is 0 Å². The maximum Gasteiger partial charge on any atom is 0.165 e. The van der Waals surface area contributed by atoms with Gasteiger partial charge in [0, 0.05) is 22.1 Å². The normalized spacial score (nSPS) is 11.5. The molecule has 4 heteroatoms. The summed E-state index contributed by atoms with van der Waals surface area (Å²) < 4.78 is 12.3. The van der Waals surface area contributed by atoms with Crippen molar-refractivity contribution in [3.8, 4) is 11.5 Å². The molecular weight excluding hydrogens is 306 g/mol. The highest BCUT2D eigenvalue weighted by molar-refractivity contribution is 9.10. The van der Waals surface area contributed by atoms with Gasteiger partial charge in [-0.05, 0) is 39.3 Å². The first-order valence-corrected chi connectivity index (χ1v) is 7.41. The highest BCUT2D eigenvalue weighted by atomic mass is 79.9. The molecule has 0 bridgehead atoms. The van der Waals surface area contributed by atoms with Crippen LogP contribution in [0.15, 0.2) is 16.6 Å². The third-order valence-electron chi connectivity index (χ3n) is 2.58. The van der Waals surface area contributed by atoms with Crippen molar-refractivity contribution < 1.29 is 9.47 Å². The molecule has 0 amide bonds. The van der Waals surface area contributed by atoms with Gasteiger partial charge in [0.2, 0.25) is 0 Å². The van der Waals surface area contributed by atoms with Crippen LogP contribution < -0.4 is 14.8 Å². The molecule has 0 aliphatic carbocycles. The van der Waals surface area contributed by atoms with Gasteiger partial charge in [0.15, 0.2) is 11.5 Å². The topological polar surface area (TPSA) is 30.5 Å². The summed E-state index contributed by atoms with van der Waals surface area (Å²) >= 11 is 3.51. The molecule has 0 saturated carbocycles. The smallest absolute Gasteiger partial charge is 0.165 e. The average Bonchev–Trinajstić information content (AvgIpc) is 2.33. The molecule has 1 rings (SSSR count). The lowest BCUT2D eigenvalue weighted by atomic mass is 10.1. The maximum absolute atomic E-state index is 5.84. The quantitative estimate of drug-likeness (QED) is 0.850. The molecule has 0 spiro atoms. The molecule has 0 heterocycles. The predicted molar refractivity (Wildman–Crippen MR) is 83.1 cm³/mol. The second-order valence-corrected chi connectivity index (χ2v) is 6.46. The molecule has 0 saturated heterocycles. The molecule has 19 heavy (non-hydrogen) atoms. The molecule has 0 aliphatic rings. The second-order valence-electron chi connectivity index (χ2n) is 5.55. The average molecular weight is 330 g/mol. The third-order valence-corrected chi connectivity index (χ3v) is 3.03. The summed E-state index contributed by atoms with van der Waals surface area (Å²) in [6.45, 7) is 9.98. The number of halogens is 1. The van der Waals surface area contributed by atoms with Gasteiger partial charge in [-0.1, -0.05) is 22.9 Å². The van der Waals surface area contributed by atoms with Gasteiger partial charge in [-0.3, -0.25) is 0 Å². The Morgan fingerprint density at radius 2 is 1.95 bits per heavy atom. The Hall–Kier alpha value is -0.740. The van der Waals surface area contributed by atoms with Crippen LogP contribution in [0.3, 0.4) is 0 Å². The molecule has 108 valence electrons. The van der Waals surface area contributed by atoms with E-state index in [0.717, 1.165) is 34.5 Å². The Morgan fingerprint density at radius 3 is 2.47 bits per heavy atom. The maximum atomic E-state index is 5.84. The summed E-state index contributed by atoms with van der Waals surface area (Å²) in [5, 5.41) is 3.48. The lowest BCUT2D eigenvalue weighted by molar-refractivity contribution is 0.288. The van der Waals surface area contributed by atoms with Crippen molar-refractivity contribution in [1.29, 1.82) is 0 Å². The zero-order chi connectivity index (χ0) is 14.5. The summed E-state index contributed by atoms with van der Waals surface area (Å²) in [6, 6.07) is 4.01. The minimum atomic E-state index is 0.0670. The number of methoxy groups -OCH3 is 1. The van der Waals surface area contributed by atoms with Gasteiger partial charge in [0.05, 0.1) is 13.7 Å². The fourth-order valence-electron chi connectivity index (χ4n) is 1.63. The Balaban J connectivity index is 3.01. The molecule has 3 nitrogen and oxygen atoms in total. The molecule has 1 N–H and O–H groups in total. The van der Waals surface area contributed by atoms with E-state index < -0.39 is 0 Å². The van der Waals surface area contributed by atoms with E-state index in [0.29, 0.717) is 6.61 Å². The van der Waals surface area contributed by atoms with E-state index in [1.54, 1.807) is 7.11 Å². The Morgan fingerprint density at radius 1 is 1.26 bits per heavy atom. The summed E-state index contributed by atoms with van der Waals surface area (Å²) in [6.07, 6.45) is 0.978. The highest BCUT2D eigenvalue weighted by Gasteiger charge is 2.15. The van der Waals surface area contributed by atoms with Gasteiger partial charge in [0.1, 0.15) is 0 Å². The standard InChI is InChI=1S/C15H24BrNO2/c1-6-7-19-14-11(10-17-15(2,3)4)8-12(16)9-13(14)18-5/h8-9,17H,6-7,10H2,1-5H3. The fraction of sp³-hybridized carbons (Fsp3) is 0.600. The first-order chi connectivity index (χ1) is 8.87. The first-order valence-electron chi connectivity index (χ1n) is 6.61. The second kappa shape index (κ2) is 7.15. The van der Waals surface area contributed by atoms with Crippen LogP contribution in [0.2, 0.25) is 0 Å². The molecule has 1 aromatic rings. The molecule has 0 unspecified atom stereocenters. The molecule has 0 aliphatic heterocycles. The molecular formula is C15H24BrNO2. The van der Waals surface area contributed by atoms with Crippen molar-refractivity contribution in [3.63, 3.8) is 0 Å². The van der Waals surface area contributed by atoms with Gasteiger partial charge in [-0.15, -0.1) is 0 Å². The van der Waals surface area contributed by atoms with Crippen LogP contribution in [-0.2, 0) is 6.54 Å². The molecule has 0 radical (unpaired) electrons. The zero-order valence-corrected chi connectivity index (χ0v) is 14.1. The zero-order valence-electron chi connectivity index (χ0n) is 12.5. The highest BCUT2D eigenvalue weighted by Crippen LogP contribution is 2.35. The number of hydrogen-bond donors (Lipinski definition) is 1.